The summed E-state index contributed by atoms with van der Waals surface area (Å²) < 4.78 is 0.739. The zero-order valence-corrected chi connectivity index (χ0v) is 14.3. The zero-order chi connectivity index (χ0) is 9.71. The Morgan fingerprint density at radius 2 is 1.65 bits per heavy atom. The fourth-order valence-electron chi connectivity index (χ4n) is 2.61. The minimum absolute atomic E-state index is 0. The number of fused-ring (bicyclic) bond motifs is 2. The molecule has 0 radical (unpaired) electrons. The van der Waals surface area contributed by atoms with E-state index in [-0.39, 0.29) is 37.2 Å². The van der Waals surface area contributed by atoms with E-state index in [0.29, 0.717) is 0 Å². The second-order valence-corrected chi connectivity index (χ2v) is 5.84. The molecule has 0 fully saturated rings. The van der Waals surface area contributed by atoms with Crippen LogP contribution in [0.5, 0.6) is 0 Å². The Morgan fingerprint density at radius 1 is 1.06 bits per heavy atom. The molecule has 1 aromatic rings. The van der Waals surface area contributed by atoms with Crippen molar-refractivity contribution in [3.05, 3.63) is 40.0 Å². The van der Waals surface area contributed by atoms with Crippen LogP contribution >= 0.6 is 0 Å². The molecule has 0 heterocycles. The van der Waals surface area contributed by atoms with Crippen molar-refractivity contribution in [2.45, 2.75) is 29.8 Å². The third kappa shape index (κ3) is 3.00. The van der Waals surface area contributed by atoms with Crippen LogP contribution in [-0.4, -0.2) is 0 Å². The molecular formula is C13H13Cl3Zr. The van der Waals surface area contributed by atoms with E-state index in [9.17, 15) is 0 Å². The van der Waals surface area contributed by atoms with Crippen LogP contribution in [0.2, 0.25) is 0 Å². The zero-order valence-electron chi connectivity index (χ0n) is 9.56. The molecule has 17 heavy (non-hydrogen) atoms. The van der Waals surface area contributed by atoms with Gasteiger partial charge in [0.2, 0.25) is 0 Å². The van der Waals surface area contributed by atoms with Crippen LogP contribution in [0.1, 0.15) is 39.2 Å². The van der Waals surface area contributed by atoms with Gasteiger partial charge in [0.25, 0.3) is 0 Å². The maximum atomic E-state index is 2.48. The third-order valence-electron chi connectivity index (χ3n) is 3.45. The van der Waals surface area contributed by atoms with Crippen molar-refractivity contribution in [3.63, 3.8) is 0 Å². The quantitative estimate of drug-likeness (QED) is 0.429. The molecule has 0 N–H and O–H groups in total. The molecule has 2 aliphatic rings. The average molecular weight is 367 g/mol. The van der Waals surface area contributed by atoms with Gasteiger partial charge >= 0.3 is 101 Å². The first-order chi connectivity index (χ1) is 6.75. The van der Waals surface area contributed by atoms with E-state index in [1.165, 1.54) is 24.8 Å². The first-order valence-corrected chi connectivity index (χ1v) is 6.72. The third-order valence-corrected chi connectivity index (χ3v) is 5.33. The SMILES string of the molecule is CC1=Cc2cc3c(cc2[CH]1[Zr+3])CCC3.[Cl-].[Cl-].[Cl-]. The summed E-state index contributed by atoms with van der Waals surface area (Å²) in [5, 5.41) is 0. The topological polar surface area (TPSA) is 0 Å². The molecule has 0 aliphatic heterocycles. The van der Waals surface area contributed by atoms with E-state index >= 15 is 0 Å². The molecule has 0 amide bonds. The molecule has 1 atom stereocenters. The van der Waals surface area contributed by atoms with Crippen LogP contribution in [0.4, 0.5) is 0 Å². The van der Waals surface area contributed by atoms with E-state index < -0.39 is 0 Å². The second kappa shape index (κ2) is 6.76. The molecule has 0 saturated heterocycles. The van der Waals surface area contributed by atoms with Crippen molar-refractivity contribution in [2.24, 2.45) is 0 Å². The minimum atomic E-state index is 0. The summed E-state index contributed by atoms with van der Waals surface area (Å²) in [6, 6.07) is 4.91. The van der Waals surface area contributed by atoms with Crippen LogP contribution in [0.25, 0.3) is 6.08 Å². The Labute approximate surface area is 137 Å². The monoisotopic (exact) mass is 364 g/mol. The van der Waals surface area contributed by atoms with Crippen molar-refractivity contribution in [1.82, 2.24) is 0 Å². The molecule has 0 aromatic heterocycles. The van der Waals surface area contributed by atoms with Gasteiger partial charge in [0, 0.05) is 0 Å². The number of hydrogen-bond acceptors (Lipinski definition) is 0. The van der Waals surface area contributed by atoms with Crippen LogP contribution < -0.4 is 37.2 Å². The van der Waals surface area contributed by atoms with E-state index in [1.807, 2.05) is 0 Å². The van der Waals surface area contributed by atoms with E-state index in [4.69, 9.17) is 0 Å². The average Bonchev–Trinajstić information content (AvgIpc) is 2.70. The molecule has 0 bridgehead atoms. The summed E-state index contributed by atoms with van der Waals surface area (Å²) in [7, 11) is 0. The Morgan fingerprint density at radius 3 is 2.29 bits per heavy atom. The largest absolute Gasteiger partial charge is 1.00 e. The molecule has 0 nitrogen and oxygen atoms in total. The summed E-state index contributed by atoms with van der Waals surface area (Å²) in [4.78, 5) is 0. The van der Waals surface area contributed by atoms with Gasteiger partial charge in [0.05, 0.1) is 0 Å². The van der Waals surface area contributed by atoms with E-state index in [1.54, 1.807) is 47.0 Å². The summed E-state index contributed by atoms with van der Waals surface area (Å²) in [6.07, 6.45) is 6.36. The molecule has 2 aliphatic carbocycles. The first kappa shape index (κ1) is 17.7. The maximum absolute atomic E-state index is 2.48. The molecular weight excluding hydrogens is 354 g/mol. The Balaban J connectivity index is 0.000000853. The molecule has 1 unspecified atom stereocenters. The summed E-state index contributed by atoms with van der Waals surface area (Å²) in [6.45, 7) is 2.27. The van der Waals surface area contributed by atoms with Crippen molar-refractivity contribution in [3.8, 4) is 0 Å². The fraction of sp³-hybridized carbons (Fsp3) is 0.385. The molecule has 4 heteroatoms. The molecule has 3 rings (SSSR count). The van der Waals surface area contributed by atoms with Crippen molar-refractivity contribution < 1.29 is 61.9 Å². The summed E-state index contributed by atoms with van der Waals surface area (Å²) in [5.41, 5.74) is 7.89. The van der Waals surface area contributed by atoms with Gasteiger partial charge in [0.15, 0.2) is 0 Å². The number of benzene rings is 1. The van der Waals surface area contributed by atoms with Gasteiger partial charge in [0.1, 0.15) is 0 Å². The Hall–Kier alpha value is 0.713. The van der Waals surface area contributed by atoms with E-state index in [0.717, 1.165) is 3.63 Å². The molecule has 0 saturated carbocycles. The molecule has 1 aromatic carbocycles. The van der Waals surface area contributed by atoms with Gasteiger partial charge in [-0.1, -0.05) is 0 Å². The van der Waals surface area contributed by atoms with Gasteiger partial charge in [-0.15, -0.1) is 0 Å². The van der Waals surface area contributed by atoms with Gasteiger partial charge < -0.3 is 37.2 Å². The van der Waals surface area contributed by atoms with Crippen LogP contribution in [0.3, 0.4) is 0 Å². The Kier molecular flexibility index (Phi) is 7.04. The smallest absolute Gasteiger partial charge is 1.00 e. The van der Waals surface area contributed by atoms with Gasteiger partial charge in [-0.25, -0.2) is 0 Å². The fourth-order valence-corrected chi connectivity index (χ4v) is 3.43. The predicted octanol–water partition coefficient (Wildman–Crippen LogP) is -5.81. The number of halogens is 3. The number of allylic oxidation sites excluding steroid dienone is 1. The summed E-state index contributed by atoms with van der Waals surface area (Å²) >= 11 is 1.63. The molecule has 0 spiro atoms. The van der Waals surface area contributed by atoms with Crippen molar-refractivity contribution in [2.75, 3.05) is 0 Å². The number of rotatable bonds is 0. The normalized spacial score (nSPS) is 19.2. The van der Waals surface area contributed by atoms with Crippen LogP contribution in [0.15, 0.2) is 17.7 Å². The van der Waals surface area contributed by atoms with Crippen molar-refractivity contribution in [1.29, 1.82) is 0 Å². The predicted molar refractivity (Wildman–Crippen MR) is 54.9 cm³/mol. The van der Waals surface area contributed by atoms with Gasteiger partial charge in [-0.05, 0) is 0 Å². The number of hydrogen-bond donors (Lipinski definition) is 0. The minimum Gasteiger partial charge on any atom is -1.00 e. The van der Waals surface area contributed by atoms with Crippen molar-refractivity contribution >= 4 is 6.08 Å². The summed E-state index contributed by atoms with van der Waals surface area (Å²) in [5.74, 6) is 0. The maximum Gasteiger partial charge on any atom is -1.00 e. The first-order valence-electron chi connectivity index (χ1n) is 5.31. The van der Waals surface area contributed by atoms with Gasteiger partial charge in [-0.2, -0.15) is 0 Å². The molecule has 90 valence electrons. The van der Waals surface area contributed by atoms with E-state index in [2.05, 4.69) is 25.1 Å². The van der Waals surface area contributed by atoms with Gasteiger partial charge in [-0.3, -0.25) is 0 Å². The standard InChI is InChI=1S/C13H13.3ClH.Zr/c1-9-5-12-7-10-3-2-4-11(10)8-13(12)6-9;;;;/h5-8H,2-4H2,1H3;3*1H;/q;;;;+3/p-3. The van der Waals surface area contributed by atoms with Crippen LogP contribution in [-0.2, 0) is 37.6 Å². The van der Waals surface area contributed by atoms with Crippen LogP contribution in [0, 0.1) is 0 Å². The number of aryl methyl sites for hydroxylation is 2. The second-order valence-electron chi connectivity index (χ2n) is 4.42. The Bertz CT molecular complexity index is 441.